The number of hydrogen-bond acceptors (Lipinski definition) is 1. The second kappa shape index (κ2) is 6.11. The molecule has 1 heterocycles. The van der Waals surface area contributed by atoms with Crippen LogP contribution in [0.2, 0.25) is 0 Å². The van der Waals surface area contributed by atoms with Gasteiger partial charge in [0.25, 0.3) is 0 Å². The van der Waals surface area contributed by atoms with Crippen LogP contribution in [0.5, 0.6) is 0 Å². The van der Waals surface area contributed by atoms with E-state index in [2.05, 4.69) is 107 Å². The van der Waals surface area contributed by atoms with Crippen LogP contribution in [-0.2, 0) is 0 Å². The molecule has 1 aromatic heterocycles. The van der Waals surface area contributed by atoms with Crippen LogP contribution in [0.15, 0.2) is 97.1 Å². The van der Waals surface area contributed by atoms with Crippen LogP contribution in [-0.4, -0.2) is 11.6 Å². The lowest BCUT2D eigenvalue weighted by molar-refractivity contribution is 1.19. The molecule has 0 spiro atoms. The Labute approximate surface area is 169 Å². The minimum atomic E-state index is 1.12. The second-order valence-electron chi connectivity index (χ2n) is 7.53. The summed E-state index contributed by atoms with van der Waals surface area (Å²) in [5.41, 5.74) is 4.76. The molecule has 6 rings (SSSR count). The lowest BCUT2D eigenvalue weighted by atomic mass is 10.0. The Balaban J connectivity index is 1.80. The van der Waals surface area contributed by atoms with Crippen molar-refractivity contribution < 1.29 is 0 Å². The maximum absolute atomic E-state index is 3.30. The summed E-state index contributed by atoms with van der Waals surface area (Å²) in [5, 5.41) is 11.0. The average Bonchev–Trinajstić information content (AvgIpc) is 3.12. The first kappa shape index (κ1) is 16.2. The fraction of sp³-hybridized carbons (Fsp3) is 0.0370. The van der Waals surface area contributed by atoms with Gasteiger partial charge in [0.15, 0.2) is 0 Å². The Morgan fingerprint density at radius 2 is 1.34 bits per heavy atom. The number of fused-ring (bicyclic) bond motifs is 6. The summed E-state index contributed by atoms with van der Waals surface area (Å²) in [4.78, 5) is 0. The molecule has 0 bridgehead atoms. The third-order valence-corrected chi connectivity index (χ3v) is 5.94. The smallest absolute Gasteiger partial charge is 0.0561 e. The Bertz CT molecular complexity index is 1540. The van der Waals surface area contributed by atoms with E-state index in [0.717, 1.165) is 5.69 Å². The number of anilines is 1. The van der Waals surface area contributed by atoms with Gasteiger partial charge in [-0.1, -0.05) is 66.7 Å². The van der Waals surface area contributed by atoms with Crippen molar-refractivity contribution in [3.8, 4) is 5.69 Å². The van der Waals surface area contributed by atoms with E-state index in [1.807, 2.05) is 7.05 Å². The van der Waals surface area contributed by atoms with Gasteiger partial charge in [0.2, 0.25) is 0 Å². The summed E-state index contributed by atoms with van der Waals surface area (Å²) in [6.45, 7) is 0. The summed E-state index contributed by atoms with van der Waals surface area (Å²) < 4.78 is 2.39. The van der Waals surface area contributed by atoms with Crippen molar-refractivity contribution >= 4 is 49.0 Å². The molecule has 5 aromatic carbocycles. The Hall–Kier alpha value is -3.78. The van der Waals surface area contributed by atoms with Crippen molar-refractivity contribution in [3.05, 3.63) is 97.1 Å². The van der Waals surface area contributed by atoms with Gasteiger partial charge in [-0.05, 0) is 51.9 Å². The standard InChI is InChI=1S/C27H20N2/c1-28-21-12-14-24-26(17-21)29(22-13-10-18-6-2-3-8-20(18)16-22)25-15-11-19-7-4-5-9-23(19)27(24)25/h2-17,28H,1H3. The molecule has 0 aliphatic carbocycles. The summed E-state index contributed by atoms with van der Waals surface area (Å²) >= 11 is 0. The van der Waals surface area contributed by atoms with Crippen molar-refractivity contribution in [3.63, 3.8) is 0 Å². The van der Waals surface area contributed by atoms with E-state index in [1.165, 1.54) is 49.0 Å². The zero-order valence-electron chi connectivity index (χ0n) is 16.2. The van der Waals surface area contributed by atoms with E-state index in [-0.39, 0.29) is 0 Å². The zero-order valence-corrected chi connectivity index (χ0v) is 16.2. The van der Waals surface area contributed by atoms with Gasteiger partial charge in [0, 0.05) is 29.2 Å². The van der Waals surface area contributed by atoms with Crippen LogP contribution >= 0.6 is 0 Å². The van der Waals surface area contributed by atoms with Gasteiger partial charge in [-0.2, -0.15) is 0 Å². The second-order valence-corrected chi connectivity index (χ2v) is 7.53. The maximum Gasteiger partial charge on any atom is 0.0561 e. The normalized spacial score (nSPS) is 11.6. The molecule has 0 fully saturated rings. The molecule has 0 aliphatic rings. The third-order valence-electron chi connectivity index (χ3n) is 5.94. The number of benzene rings is 5. The molecule has 6 aromatic rings. The van der Waals surface area contributed by atoms with Crippen LogP contribution in [0.3, 0.4) is 0 Å². The van der Waals surface area contributed by atoms with Gasteiger partial charge in [-0.25, -0.2) is 0 Å². The van der Waals surface area contributed by atoms with Crippen molar-refractivity contribution in [2.24, 2.45) is 0 Å². The van der Waals surface area contributed by atoms with Crippen molar-refractivity contribution in [2.45, 2.75) is 0 Å². The molecule has 0 saturated carbocycles. The van der Waals surface area contributed by atoms with Gasteiger partial charge in [-0.3, -0.25) is 0 Å². The molecular formula is C27H20N2. The van der Waals surface area contributed by atoms with E-state index >= 15 is 0 Å². The fourth-order valence-corrected chi connectivity index (χ4v) is 4.54. The number of nitrogens with one attached hydrogen (secondary N) is 1. The highest BCUT2D eigenvalue weighted by atomic mass is 15.0. The number of nitrogens with zero attached hydrogens (tertiary/aromatic N) is 1. The molecule has 0 radical (unpaired) electrons. The SMILES string of the molecule is CNc1ccc2c3c4ccccc4ccc3n(-c3ccc4ccccc4c3)c2c1. The van der Waals surface area contributed by atoms with Gasteiger partial charge in [0.1, 0.15) is 0 Å². The molecule has 2 nitrogen and oxygen atoms in total. The van der Waals surface area contributed by atoms with E-state index in [0.29, 0.717) is 0 Å². The number of hydrogen-bond donors (Lipinski definition) is 1. The maximum atomic E-state index is 3.30. The average molecular weight is 372 g/mol. The van der Waals surface area contributed by atoms with Crippen molar-refractivity contribution in [1.82, 2.24) is 4.57 Å². The molecule has 0 saturated heterocycles. The van der Waals surface area contributed by atoms with Gasteiger partial charge in [-0.15, -0.1) is 0 Å². The zero-order chi connectivity index (χ0) is 19.4. The van der Waals surface area contributed by atoms with Crippen LogP contribution < -0.4 is 5.32 Å². The lowest BCUT2D eigenvalue weighted by Crippen LogP contribution is -1.95. The minimum absolute atomic E-state index is 1.12. The van der Waals surface area contributed by atoms with E-state index in [1.54, 1.807) is 0 Å². The lowest BCUT2D eigenvalue weighted by Gasteiger charge is -2.10. The van der Waals surface area contributed by atoms with E-state index < -0.39 is 0 Å². The molecule has 0 atom stereocenters. The predicted octanol–water partition coefficient (Wildman–Crippen LogP) is 7.13. The number of aromatic nitrogens is 1. The highest BCUT2D eigenvalue weighted by molar-refractivity contribution is 6.21. The quantitative estimate of drug-likeness (QED) is 0.342. The van der Waals surface area contributed by atoms with Crippen LogP contribution in [0.25, 0.3) is 49.0 Å². The Morgan fingerprint density at radius 3 is 2.21 bits per heavy atom. The summed E-state index contributed by atoms with van der Waals surface area (Å²) in [6, 6.07) is 35.1. The fourth-order valence-electron chi connectivity index (χ4n) is 4.54. The highest BCUT2D eigenvalue weighted by Gasteiger charge is 2.15. The van der Waals surface area contributed by atoms with Gasteiger partial charge < -0.3 is 9.88 Å². The van der Waals surface area contributed by atoms with Crippen molar-refractivity contribution in [2.75, 3.05) is 12.4 Å². The Morgan fingerprint density at radius 1 is 0.586 bits per heavy atom. The van der Waals surface area contributed by atoms with Crippen molar-refractivity contribution in [1.29, 1.82) is 0 Å². The van der Waals surface area contributed by atoms with E-state index in [9.17, 15) is 0 Å². The first-order chi connectivity index (χ1) is 14.3. The molecule has 0 unspecified atom stereocenters. The highest BCUT2D eigenvalue weighted by Crippen LogP contribution is 2.38. The molecule has 138 valence electrons. The Kier molecular flexibility index (Phi) is 3.41. The summed E-state index contributed by atoms with van der Waals surface area (Å²) in [7, 11) is 1.97. The first-order valence-electron chi connectivity index (χ1n) is 9.96. The van der Waals surface area contributed by atoms with Gasteiger partial charge in [0.05, 0.1) is 11.0 Å². The predicted molar refractivity (Wildman–Crippen MR) is 125 cm³/mol. The largest absolute Gasteiger partial charge is 0.388 e. The molecule has 2 heteroatoms. The first-order valence-corrected chi connectivity index (χ1v) is 9.96. The molecule has 1 N–H and O–H groups in total. The molecule has 0 amide bonds. The monoisotopic (exact) mass is 372 g/mol. The van der Waals surface area contributed by atoms with Crippen LogP contribution in [0, 0.1) is 0 Å². The van der Waals surface area contributed by atoms with Crippen LogP contribution in [0.4, 0.5) is 5.69 Å². The third kappa shape index (κ3) is 2.36. The molecular weight excluding hydrogens is 352 g/mol. The summed E-state index contributed by atoms with van der Waals surface area (Å²) in [6.07, 6.45) is 0. The van der Waals surface area contributed by atoms with E-state index in [4.69, 9.17) is 0 Å². The topological polar surface area (TPSA) is 17.0 Å². The van der Waals surface area contributed by atoms with Crippen LogP contribution in [0.1, 0.15) is 0 Å². The minimum Gasteiger partial charge on any atom is -0.388 e. The van der Waals surface area contributed by atoms with Gasteiger partial charge >= 0.3 is 0 Å². The molecule has 29 heavy (non-hydrogen) atoms. The summed E-state index contributed by atoms with van der Waals surface area (Å²) in [5.74, 6) is 0. The number of rotatable bonds is 2. The molecule has 0 aliphatic heterocycles.